The van der Waals surface area contributed by atoms with Crippen molar-refractivity contribution in [1.82, 2.24) is 5.32 Å². The number of carbonyl (C=O) groups is 1. The van der Waals surface area contributed by atoms with Crippen LogP contribution in [0.2, 0.25) is 0 Å². The third kappa shape index (κ3) is 3.06. The van der Waals surface area contributed by atoms with Gasteiger partial charge in [0.05, 0.1) is 0 Å². The van der Waals surface area contributed by atoms with Gasteiger partial charge in [0, 0.05) is 41.3 Å². The normalized spacial score (nSPS) is 25.2. The predicted octanol–water partition coefficient (Wildman–Crippen LogP) is 2.19. The first kappa shape index (κ1) is 14.8. The molecule has 3 rings (SSSR count). The zero-order valence-corrected chi connectivity index (χ0v) is 14.0. The van der Waals surface area contributed by atoms with Gasteiger partial charge in [0.15, 0.2) is 0 Å². The average molecular weight is 368 g/mol. The Hall–Kier alpha value is -1.14. The van der Waals surface area contributed by atoms with Gasteiger partial charge in [-0.3, -0.25) is 4.79 Å². The summed E-state index contributed by atoms with van der Waals surface area (Å²) >= 11 is 8.65. The van der Waals surface area contributed by atoms with Crippen LogP contribution in [0.25, 0.3) is 0 Å². The van der Waals surface area contributed by atoms with E-state index in [-0.39, 0.29) is 5.91 Å². The lowest BCUT2D eigenvalue weighted by molar-refractivity contribution is -0.124. The first-order chi connectivity index (χ1) is 10.0. The third-order valence-corrected chi connectivity index (χ3v) is 5.10. The van der Waals surface area contributed by atoms with Gasteiger partial charge in [-0.2, -0.15) is 0 Å². The van der Waals surface area contributed by atoms with Crippen molar-refractivity contribution in [2.45, 2.75) is 25.3 Å². The number of rotatable bonds is 2. The molecule has 2 aliphatic heterocycles. The topological polar surface area (TPSA) is 58.4 Å². The van der Waals surface area contributed by atoms with Crippen molar-refractivity contribution in [3.05, 3.63) is 28.2 Å². The van der Waals surface area contributed by atoms with E-state index >= 15 is 0 Å². The van der Waals surface area contributed by atoms with E-state index in [0.717, 1.165) is 41.7 Å². The molecule has 2 aliphatic rings. The number of fused-ring (bicyclic) bond motifs is 1. The molecule has 2 unspecified atom stereocenters. The molecule has 4 nitrogen and oxygen atoms in total. The summed E-state index contributed by atoms with van der Waals surface area (Å²) in [6, 6.07) is 6.39. The number of halogens is 1. The van der Waals surface area contributed by atoms with E-state index in [1.54, 1.807) is 0 Å². The molecule has 21 heavy (non-hydrogen) atoms. The molecular formula is C15H18BrN3OS. The van der Waals surface area contributed by atoms with Crippen LogP contribution in [0.3, 0.4) is 0 Å². The summed E-state index contributed by atoms with van der Waals surface area (Å²) in [7, 11) is 0. The van der Waals surface area contributed by atoms with Gasteiger partial charge in [-0.25, -0.2) is 0 Å². The molecule has 0 saturated carbocycles. The molecule has 1 amide bonds. The summed E-state index contributed by atoms with van der Waals surface area (Å²) in [6.07, 6.45) is 2.58. The summed E-state index contributed by atoms with van der Waals surface area (Å²) in [6.45, 7) is 1.86. The van der Waals surface area contributed by atoms with Crippen LogP contribution in [0.15, 0.2) is 22.7 Å². The number of benzene rings is 1. The molecule has 2 saturated heterocycles. The Morgan fingerprint density at radius 1 is 1.43 bits per heavy atom. The first-order valence-electron chi connectivity index (χ1n) is 7.18. The van der Waals surface area contributed by atoms with Gasteiger partial charge in [-0.15, -0.1) is 0 Å². The van der Waals surface area contributed by atoms with E-state index < -0.39 is 0 Å². The maximum atomic E-state index is 11.5. The zero-order chi connectivity index (χ0) is 15.0. The molecule has 0 radical (unpaired) electrons. The number of hydrogen-bond acceptors (Lipinski definition) is 3. The fourth-order valence-corrected chi connectivity index (χ4v) is 3.83. The van der Waals surface area contributed by atoms with Gasteiger partial charge in [0.25, 0.3) is 0 Å². The predicted molar refractivity (Wildman–Crippen MR) is 91.5 cm³/mol. The lowest BCUT2D eigenvalue weighted by Crippen LogP contribution is -2.54. The lowest BCUT2D eigenvalue weighted by atomic mass is 9.85. The molecule has 0 bridgehead atoms. The van der Waals surface area contributed by atoms with Gasteiger partial charge in [-0.1, -0.05) is 28.1 Å². The van der Waals surface area contributed by atoms with E-state index in [1.165, 1.54) is 0 Å². The van der Waals surface area contributed by atoms with Crippen molar-refractivity contribution in [2.24, 2.45) is 11.7 Å². The first-order valence-corrected chi connectivity index (χ1v) is 8.38. The molecule has 1 aromatic carbocycles. The molecule has 112 valence electrons. The van der Waals surface area contributed by atoms with Crippen molar-refractivity contribution < 1.29 is 4.79 Å². The standard InChI is InChI=1S/C15H18BrN3OS/c16-10-2-3-13(11(7-10)15(17)21)19-6-5-12-9(8-19)1-4-14(20)18-12/h2-3,7,9,12H,1,4-6,8H2,(H2,17,21)(H,18,20). The second-order valence-corrected chi connectivity index (χ2v) is 7.09. The van der Waals surface area contributed by atoms with Crippen LogP contribution in [0.1, 0.15) is 24.8 Å². The van der Waals surface area contributed by atoms with Crippen LogP contribution in [-0.2, 0) is 4.79 Å². The van der Waals surface area contributed by atoms with Crippen LogP contribution in [0, 0.1) is 5.92 Å². The summed E-state index contributed by atoms with van der Waals surface area (Å²) in [5, 5.41) is 3.11. The smallest absolute Gasteiger partial charge is 0.220 e. The molecule has 0 spiro atoms. The molecule has 2 fully saturated rings. The number of amides is 1. The Labute approximate surface area is 138 Å². The highest BCUT2D eigenvalue weighted by Gasteiger charge is 2.34. The van der Waals surface area contributed by atoms with Crippen molar-refractivity contribution in [3.8, 4) is 0 Å². The van der Waals surface area contributed by atoms with Crippen LogP contribution >= 0.6 is 28.1 Å². The quantitative estimate of drug-likeness (QED) is 0.786. The third-order valence-electron chi connectivity index (χ3n) is 4.39. The zero-order valence-electron chi connectivity index (χ0n) is 11.6. The summed E-state index contributed by atoms with van der Waals surface area (Å²) < 4.78 is 0.980. The van der Waals surface area contributed by atoms with Gasteiger partial charge in [0.1, 0.15) is 4.99 Å². The van der Waals surface area contributed by atoms with Crippen LogP contribution in [0.5, 0.6) is 0 Å². The molecular weight excluding hydrogens is 350 g/mol. The van der Waals surface area contributed by atoms with E-state index in [0.29, 0.717) is 23.4 Å². The van der Waals surface area contributed by atoms with Crippen LogP contribution in [0.4, 0.5) is 5.69 Å². The summed E-state index contributed by atoms with van der Waals surface area (Å²) in [5.41, 5.74) is 7.88. The Kier molecular flexibility index (Phi) is 4.17. The minimum absolute atomic E-state index is 0.192. The van der Waals surface area contributed by atoms with Crippen molar-refractivity contribution in [2.75, 3.05) is 18.0 Å². The highest BCUT2D eigenvalue weighted by molar-refractivity contribution is 9.10. The molecule has 6 heteroatoms. The minimum atomic E-state index is 0.192. The van der Waals surface area contributed by atoms with E-state index in [1.807, 2.05) is 12.1 Å². The van der Waals surface area contributed by atoms with Crippen molar-refractivity contribution in [1.29, 1.82) is 0 Å². The number of piperidine rings is 2. The van der Waals surface area contributed by atoms with Crippen molar-refractivity contribution in [3.63, 3.8) is 0 Å². The number of nitrogens with two attached hydrogens (primary N) is 1. The average Bonchev–Trinajstić information content (AvgIpc) is 2.46. The second-order valence-electron chi connectivity index (χ2n) is 5.73. The van der Waals surface area contributed by atoms with Gasteiger partial charge in [0.2, 0.25) is 5.91 Å². The van der Waals surface area contributed by atoms with E-state index in [4.69, 9.17) is 18.0 Å². The van der Waals surface area contributed by atoms with Gasteiger partial charge >= 0.3 is 0 Å². The van der Waals surface area contributed by atoms with Gasteiger partial charge < -0.3 is 16.0 Å². The van der Waals surface area contributed by atoms with Crippen LogP contribution in [-0.4, -0.2) is 30.0 Å². The number of carbonyl (C=O) groups excluding carboxylic acids is 1. The molecule has 0 aliphatic carbocycles. The number of thiocarbonyl (C=S) groups is 1. The number of nitrogens with one attached hydrogen (secondary N) is 1. The second kappa shape index (κ2) is 5.93. The minimum Gasteiger partial charge on any atom is -0.389 e. The number of hydrogen-bond donors (Lipinski definition) is 2. The fourth-order valence-electron chi connectivity index (χ4n) is 3.31. The highest BCUT2D eigenvalue weighted by atomic mass is 79.9. The molecule has 2 atom stereocenters. The van der Waals surface area contributed by atoms with Crippen molar-refractivity contribution >= 4 is 44.7 Å². The highest BCUT2D eigenvalue weighted by Crippen LogP contribution is 2.31. The maximum Gasteiger partial charge on any atom is 0.220 e. The molecule has 2 heterocycles. The maximum absolute atomic E-state index is 11.5. The monoisotopic (exact) mass is 367 g/mol. The molecule has 3 N–H and O–H groups in total. The summed E-state index contributed by atoms with van der Waals surface area (Å²) in [4.78, 5) is 14.3. The Bertz CT molecular complexity index is 592. The Morgan fingerprint density at radius 2 is 2.24 bits per heavy atom. The Balaban J connectivity index is 1.82. The Morgan fingerprint density at radius 3 is 3.00 bits per heavy atom. The summed E-state index contributed by atoms with van der Waals surface area (Å²) in [5.74, 6) is 0.705. The SMILES string of the molecule is NC(=S)c1cc(Br)ccc1N1CCC2NC(=O)CCC2C1. The largest absolute Gasteiger partial charge is 0.389 e. The number of anilines is 1. The van der Waals surface area contributed by atoms with E-state index in [2.05, 4.69) is 32.2 Å². The van der Waals surface area contributed by atoms with Crippen LogP contribution < -0.4 is 16.0 Å². The van der Waals surface area contributed by atoms with E-state index in [9.17, 15) is 4.79 Å². The molecule has 0 aromatic heterocycles. The van der Waals surface area contributed by atoms with Gasteiger partial charge in [-0.05, 0) is 37.0 Å². The fraction of sp³-hybridized carbons (Fsp3) is 0.467. The number of nitrogens with zero attached hydrogens (tertiary/aromatic N) is 1. The lowest BCUT2D eigenvalue weighted by Gasteiger charge is -2.42. The molecule has 1 aromatic rings.